The van der Waals surface area contributed by atoms with Crippen molar-refractivity contribution < 1.29 is 9.21 Å². The fourth-order valence-electron chi connectivity index (χ4n) is 3.52. The molecule has 1 aliphatic heterocycles. The maximum Gasteiger partial charge on any atom is 0.259 e. The zero-order chi connectivity index (χ0) is 22.4. The van der Waals surface area contributed by atoms with Crippen LogP contribution in [-0.4, -0.2) is 42.0 Å². The van der Waals surface area contributed by atoms with Crippen LogP contribution in [0.2, 0.25) is 0 Å². The molecule has 162 valence electrons. The highest BCUT2D eigenvalue weighted by Gasteiger charge is 2.19. The van der Waals surface area contributed by atoms with Crippen LogP contribution in [0, 0.1) is 24.5 Å². The van der Waals surface area contributed by atoms with Gasteiger partial charge in [0.1, 0.15) is 11.2 Å². The van der Waals surface area contributed by atoms with Gasteiger partial charge in [-0.1, -0.05) is 12.6 Å². The number of hydrogen-bond acceptors (Lipinski definition) is 8. The molecule has 0 saturated carbocycles. The van der Waals surface area contributed by atoms with E-state index in [0.29, 0.717) is 29.2 Å². The summed E-state index contributed by atoms with van der Waals surface area (Å²) in [7, 11) is 0. The Balaban J connectivity index is 0.000000858. The molecule has 3 heterocycles. The summed E-state index contributed by atoms with van der Waals surface area (Å²) in [6, 6.07) is 7.32. The number of nitrogens with zero attached hydrogens (tertiary/aromatic N) is 3. The highest BCUT2D eigenvalue weighted by molar-refractivity contribution is 7.85. The molecule has 0 bridgehead atoms. The topological polar surface area (TPSA) is 120 Å². The van der Waals surface area contributed by atoms with Crippen molar-refractivity contribution in [1.82, 2.24) is 15.2 Å². The van der Waals surface area contributed by atoms with Gasteiger partial charge >= 0.3 is 0 Å². The number of piperazine rings is 1. The molecule has 1 amide bonds. The minimum atomic E-state index is -0.186. The SMILES string of the molecule is Cc1nc2ccc(NC(=O)c3ccoc3CN3CCNCC3)cc2c(N)c1C.N#CS. The Morgan fingerprint density at radius 2 is 2.06 bits per heavy atom. The molecule has 4 rings (SSSR count). The van der Waals surface area contributed by atoms with Crippen LogP contribution in [0.5, 0.6) is 0 Å². The molecule has 0 aliphatic carbocycles. The van der Waals surface area contributed by atoms with Gasteiger partial charge < -0.3 is 20.8 Å². The van der Waals surface area contributed by atoms with E-state index < -0.39 is 0 Å². The van der Waals surface area contributed by atoms with Gasteiger partial charge in [0.2, 0.25) is 0 Å². The van der Waals surface area contributed by atoms with Crippen molar-refractivity contribution in [2.24, 2.45) is 0 Å². The van der Waals surface area contributed by atoms with E-state index in [4.69, 9.17) is 15.4 Å². The summed E-state index contributed by atoms with van der Waals surface area (Å²) in [5, 5.41) is 15.8. The van der Waals surface area contributed by atoms with Crippen molar-refractivity contribution in [3.8, 4) is 5.40 Å². The zero-order valence-corrected chi connectivity index (χ0v) is 18.5. The number of carbonyl (C=O) groups is 1. The van der Waals surface area contributed by atoms with E-state index in [9.17, 15) is 4.79 Å². The monoisotopic (exact) mass is 438 g/mol. The highest BCUT2D eigenvalue weighted by Crippen LogP contribution is 2.28. The molecule has 31 heavy (non-hydrogen) atoms. The third kappa shape index (κ3) is 5.35. The van der Waals surface area contributed by atoms with E-state index in [1.165, 1.54) is 5.40 Å². The summed E-state index contributed by atoms with van der Waals surface area (Å²) in [5.74, 6) is 0.501. The number of carbonyl (C=O) groups excluding carboxylic acids is 1. The van der Waals surface area contributed by atoms with Crippen LogP contribution in [-0.2, 0) is 6.54 Å². The Morgan fingerprint density at radius 1 is 1.35 bits per heavy atom. The van der Waals surface area contributed by atoms with E-state index in [1.807, 2.05) is 32.0 Å². The summed E-state index contributed by atoms with van der Waals surface area (Å²) in [4.78, 5) is 19.7. The summed E-state index contributed by atoms with van der Waals surface area (Å²) >= 11 is 3.09. The Labute approximate surface area is 186 Å². The molecule has 4 N–H and O–H groups in total. The lowest BCUT2D eigenvalue weighted by atomic mass is 10.1. The van der Waals surface area contributed by atoms with Gasteiger partial charge in [-0.25, -0.2) is 0 Å². The standard InChI is InChI=1S/C21H25N5O2.CHNS/c1-13-14(2)24-18-4-3-15(11-17(18)20(13)22)25-21(27)16-5-10-28-19(16)12-26-8-6-23-7-9-26;2-1-3/h3-5,10-11,23H,6-9,12H2,1-2H3,(H2,22,24)(H,25,27);3H. The number of nitrogens with one attached hydrogen (secondary N) is 2. The average Bonchev–Trinajstić information content (AvgIpc) is 3.22. The second-order valence-corrected chi connectivity index (χ2v) is 7.51. The van der Waals surface area contributed by atoms with Crippen LogP contribution in [0.15, 0.2) is 34.9 Å². The molecule has 0 atom stereocenters. The molecule has 1 aliphatic rings. The third-order valence-corrected chi connectivity index (χ3v) is 5.35. The van der Waals surface area contributed by atoms with Crippen LogP contribution in [0.3, 0.4) is 0 Å². The van der Waals surface area contributed by atoms with E-state index in [2.05, 4.69) is 33.1 Å². The number of nitriles is 1. The normalized spacial score (nSPS) is 13.9. The quantitative estimate of drug-likeness (QED) is 0.365. The number of benzene rings is 1. The molecule has 2 aromatic heterocycles. The van der Waals surface area contributed by atoms with Crippen LogP contribution < -0.4 is 16.4 Å². The Kier molecular flexibility index (Phi) is 7.52. The number of thiocyanates is 1. The number of nitrogen functional groups attached to an aromatic ring is 1. The fraction of sp³-hybridized carbons (Fsp3) is 0.318. The predicted octanol–water partition coefficient (Wildman–Crippen LogP) is 3.08. The van der Waals surface area contributed by atoms with Crippen LogP contribution in [0.1, 0.15) is 27.4 Å². The molecule has 0 unspecified atom stereocenters. The first-order valence-electron chi connectivity index (χ1n) is 9.95. The molecular formula is C22H26N6O2S. The average molecular weight is 439 g/mol. The number of nitrogens with two attached hydrogens (primary N) is 1. The van der Waals surface area contributed by atoms with Gasteiger partial charge in [0.15, 0.2) is 0 Å². The maximum atomic E-state index is 12.8. The van der Waals surface area contributed by atoms with Gasteiger partial charge in [0.05, 0.1) is 23.9 Å². The van der Waals surface area contributed by atoms with Gasteiger partial charge in [0.25, 0.3) is 5.91 Å². The number of pyridine rings is 1. The molecular weight excluding hydrogens is 412 g/mol. The molecule has 0 spiro atoms. The van der Waals surface area contributed by atoms with Crippen molar-refractivity contribution in [1.29, 1.82) is 5.26 Å². The molecule has 1 aromatic carbocycles. The lowest BCUT2D eigenvalue weighted by Crippen LogP contribution is -2.43. The third-order valence-electron chi connectivity index (χ3n) is 5.35. The van der Waals surface area contributed by atoms with E-state index in [1.54, 1.807) is 12.3 Å². The van der Waals surface area contributed by atoms with Gasteiger partial charge in [-0.15, -0.1) is 0 Å². The van der Waals surface area contributed by atoms with E-state index in [-0.39, 0.29) is 5.91 Å². The van der Waals surface area contributed by atoms with Crippen molar-refractivity contribution in [2.75, 3.05) is 37.2 Å². The maximum absolute atomic E-state index is 12.8. The smallest absolute Gasteiger partial charge is 0.259 e. The molecule has 9 heteroatoms. The number of furan rings is 1. The van der Waals surface area contributed by atoms with E-state index in [0.717, 1.165) is 48.3 Å². The number of thiol groups is 1. The van der Waals surface area contributed by atoms with E-state index >= 15 is 0 Å². The number of hydrogen-bond donors (Lipinski definition) is 4. The minimum absolute atomic E-state index is 0.186. The Morgan fingerprint density at radius 3 is 2.77 bits per heavy atom. The minimum Gasteiger partial charge on any atom is -0.467 e. The van der Waals surface area contributed by atoms with Crippen LogP contribution in [0.4, 0.5) is 11.4 Å². The van der Waals surface area contributed by atoms with Gasteiger partial charge in [0, 0.05) is 48.6 Å². The Bertz CT molecular complexity index is 1120. The van der Waals surface area contributed by atoms with Crippen molar-refractivity contribution in [2.45, 2.75) is 20.4 Å². The van der Waals surface area contributed by atoms with Crippen molar-refractivity contribution in [3.05, 3.63) is 53.1 Å². The number of rotatable bonds is 4. The first kappa shape index (κ1) is 22.6. The largest absolute Gasteiger partial charge is 0.467 e. The summed E-state index contributed by atoms with van der Waals surface area (Å²) < 4.78 is 5.59. The number of aryl methyl sites for hydroxylation is 1. The number of anilines is 2. The number of aromatic nitrogens is 1. The second kappa shape index (κ2) is 10.3. The van der Waals surface area contributed by atoms with Crippen LogP contribution >= 0.6 is 12.6 Å². The van der Waals surface area contributed by atoms with Gasteiger partial charge in [-0.2, -0.15) is 5.26 Å². The van der Waals surface area contributed by atoms with Crippen molar-refractivity contribution >= 4 is 40.8 Å². The lowest BCUT2D eigenvalue weighted by molar-refractivity contribution is 0.102. The molecule has 8 nitrogen and oxygen atoms in total. The predicted molar refractivity (Wildman–Crippen MR) is 125 cm³/mol. The number of amides is 1. The van der Waals surface area contributed by atoms with Gasteiger partial charge in [-0.05, 0) is 43.7 Å². The number of fused-ring (bicyclic) bond motifs is 1. The summed E-state index contributed by atoms with van der Waals surface area (Å²) in [5.41, 5.74) is 10.9. The molecule has 1 saturated heterocycles. The zero-order valence-electron chi connectivity index (χ0n) is 17.6. The molecule has 0 radical (unpaired) electrons. The second-order valence-electron chi connectivity index (χ2n) is 7.31. The fourth-order valence-corrected chi connectivity index (χ4v) is 3.52. The highest BCUT2D eigenvalue weighted by atomic mass is 32.1. The van der Waals surface area contributed by atoms with Crippen LogP contribution in [0.25, 0.3) is 10.9 Å². The summed E-state index contributed by atoms with van der Waals surface area (Å²) in [6.45, 7) is 8.32. The Hall–Kier alpha value is -3.06. The summed E-state index contributed by atoms with van der Waals surface area (Å²) in [6.07, 6.45) is 1.57. The van der Waals surface area contributed by atoms with Crippen molar-refractivity contribution in [3.63, 3.8) is 0 Å². The first-order valence-corrected chi connectivity index (χ1v) is 10.4. The molecule has 1 fully saturated rings. The molecule has 3 aromatic rings. The van der Waals surface area contributed by atoms with Gasteiger partial charge in [-0.3, -0.25) is 14.7 Å². The lowest BCUT2D eigenvalue weighted by Gasteiger charge is -2.26. The first-order chi connectivity index (χ1) is 14.9.